The fourth-order valence-electron chi connectivity index (χ4n) is 3.94. The maximum absolute atomic E-state index is 12.7. The minimum atomic E-state index is 0.0412. The summed E-state index contributed by atoms with van der Waals surface area (Å²) in [5, 5.41) is 2.86. The summed E-state index contributed by atoms with van der Waals surface area (Å²) in [4.78, 5) is 26.1. The molecule has 0 aromatic heterocycles. The van der Waals surface area contributed by atoms with Gasteiger partial charge in [-0.2, -0.15) is 0 Å². The van der Waals surface area contributed by atoms with E-state index in [4.69, 9.17) is 4.74 Å². The van der Waals surface area contributed by atoms with Gasteiger partial charge in [0.05, 0.1) is 0 Å². The van der Waals surface area contributed by atoms with E-state index in [1.807, 2.05) is 41.3 Å². The highest BCUT2D eigenvalue weighted by atomic mass is 16.5. The molecule has 1 atom stereocenters. The Labute approximate surface area is 159 Å². The lowest BCUT2D eigenvalue weighted by atomic mass is 10.0. The van der Waals surface area contributed by atoms with E-state index in [1.165, 1.54) is 5.56 Å². The summed E-state index contributed by atoms with van der Waals surface area (Å²) in [6.45, 7) is 0.854. The van der Waals surface area contributed by atoms with Crippen molar-refractivity contribution in [3.63, 3.8) is 0 Å². The van der Waals surface area contributed by atoms with Crippen molar-refractivity contribution in [1.29, 1.82) is 0 Å². The lowest BCUT2D eigenvalue weighted by molar-refractivity contribution is -0.134. The summed E-state index contributed by atoms with van der Waals surface area (Å²) in [7, 11) is 0. The van der Waals surface area contributed by atoms with Crippen LogP contribution in [-0.4, -0.2) is 35.9 Å². The number of likely N-dealkylation sites (tertiary alicyclic amines) is 1. The zero-order valence-corrected chi connectivity index (χ0v) is 15.3. The van der Waals surface area contributed by atoms with Gasteiger partial charge in [-0.15, -0.1) is 0 Å². The standard InChI is InChI=1S/C22H24N2O3/c25-21-11-8-17-14-19(9-10-20(17)23-21)27-15-22(26)24-12-4-7-18(24)13-16-5-2-1-3-6-16/h1-3,5-6,9-10,14,18H,4,7-8,11-13,15H2,(H,23,25). The zero-order chi connectivity index (χ0) is 18.6. The Morgan fingerprint density at radius 1 is 1.15 bits per heavy atom. The van der Waals surface area contributed by atoms with Gasteiger partial charge in [-0.05, 0) is 55.0 Å². The molecule has 2 aliphatic rings. The molecular weight excluding hydrogens is 340 g/mol. The second kappa shape index (κ2) is 7.82. The van der Waals surface area contributed by atoms with Gasteiger partial charge in [-0.25, -0.2) is 0 Å². The molecule has 2 heterocycles. The predicted octanol–water partition coefficient (Wildman–Crippen LogP) is 3.18. The first-order chi connectivity index (χ1) is 13.2. The maximum Gasteiger partial charge on any atom is 0.260 e. The number of carbonyl (C=O) groups excluding carboxylic acids is 2. The number of hydrogen-bond donors (Lipinski definition) is 1. The molecule has 27 heavy (non-hydrogen) atoms. The van der Waals surface area contributed by atoms with Crippen molar-refractivity contribution >= 4 is 17.5 Å². The van der Waals surface area contributed by atoms with Crippen LogP contribution in [0, 0.1) is 0 Å². The SMILES string of the molecule is O=C1CCc2cc(OCC(=O)N3CCCC3Cc3ccccc3)ccc2N1. The highest BCUT2D eigenvalue weighted by Crippen LogP contribution is 2.27. The molecule has 0 radical (unpaired) electrons. The molecule has 1 N–H and O–H groups in total. The van der Waals surface area contributed by atoms with Crippen molar-refractivity contribution < 1.29 is 14.3 Å². The molecule has 2 aliphatic heterocycles. The summed E-state index contributed by atoms with van der Waals surface area (Å²) < 4.78 is 5.77. The van der Waals surface area contributed by atoms with Crippen LogP contribution >= 0.6 is 0 Å². The Balaban J connectivity index is 1.35. The summed E-state index contributed by atoms with van der Waals surface area (Å²) in [6, 6.07) is 16.2. The number of carbonyl (C=O) groups is 2. The molecule has 0 aliphatic carbocycles. The number of fused-ring (bicyclic) bond motifs is 1. The van der Waals surface area contributed by atoms with E-state index >= 15 is 0 Å². The van der Waals surface area contributed by atoms with Gasteiger partial charge in [-0.3, -0.25) is 9.59 Å². The smallest absolute Gasteiger partial charge is 0.260 e. The Hall–Kier alpha value is -2.82. The topological polar surface area (TPSA) is 58.6 Å². The van der Waals surface area contributed by atoms with Crippen molar-refractivity contribution in [3.05, 3.63) is 59.7 Å². The van der Waals surface area contributed by atoms with Crippen LogP contribution < -0.4 is 10.1 Å². The first-order valence-corrected chi connectivity index (χ1v) is 9.58. The zero-order valence-electron chi connectivity index (χ0n) is 15.3. The van der Waals surface area contributed by atoms with Gasteiger partial charge in [0.15, 0.2) is 6.61 Å². The van der Waals surface area contributed by atoms with Crippen molar-refractivity contribution in [1.82, 2.24) is 4.90 Å². The van der Waals surface area contributed by atoms with Crippen LogP contribution in [0.2, 0.25) is 0 Å². The molecule has 2 aromatic rings. The van der Waals surface area contributed by atoms with Crippen molar-refractivity contribution in [2.75, 3.05) is 18.5 Å². The lowest BCUT2D eigenvalue weighted by Crippen LogP contribution is -2.39. The molecule has 1 unspecified atom stereocenters. The number of nitrogens with one attached hydrogen (secondary N) is 1. The number of nitrogens with zero attached hydrogens (tertiary/aromatic N) is 1. The fraction of sp³-hybridized carbons (Fsp3) is 0.364. The Bertz CT molecular complexity index is 835. The average molecular weight is 364 g/mol. The van der Waals surface area contributed by atoms with E-state index in [0.29, 0.717) is 18.6 Å². The van der Waals surface area contributed by atoms with Crippen LogP contribution in [0.15, 0.2) is 48.5 Å². The van der Waals surface area contributed by atoms with Crippen LogP contribution in [0.5, 0.6) is 5.75 Å². The van der Waals surface area contributed by atoms with Crippen LogP contribution in [0.1, 0.15) is 30.4 Å². The van der Waals surface area contributed by atoms with Gasteiger partial charge >= 0.3 is 0 Å². The Morgan fingerprint density at radius 2 is 2.00 bits per heavy atom. The monoisotopic (exact) mass is 364 g/mol. The van der Waals surface area contributed by atoms with E-state index in [-0.39, 0.29) is 24.5 Å². The van der Waals surface area contributed by atoms with Gasteiger partial charge in [-0.1, -0.05) is 30.3 Å². The molecule has 140 valence electrons. The molecule has 2 aromatic carbocycles. The van der Waals surface area contributed by atoms with E-state index < -0.39 is 0 Å². The molecule has 2 amide bonds. The lowest BCUT2D eigenvalue weighted by Gasteiger charge is -2.25. The highest BCUT2D eigenvalue weighted by molar-refractivity contribution is 5.94. The van der Waals surface area contributed by atoms with Gasteiger partial charge in [0, 0.05) is 24.7 Å². The minimum absolute atomic E-state index is 0.0412. The summed E-state index contributed by atoms with van der Waals surface area (Å²) in [5.41, 5.74) is 3.16. The fourth-order valence-corrected chi connectivity index (χ4v) is 3.94. The summed E-state index contributed by atoms with van der Waals surface area (Å²) in [5.74, 6) is 0.765. The molecule has 5 nitrogen and oxygen atoms in total. The molecule has 0 bridgehead atoms. The third-order valence-corrected chi connectivity index (χ3v) is 5.35. The molecular formula is C22H24N2O3. The molecule has 1 saturated heterocycles. The molecule has 0 spiro atoms. The number of hydrogen-bond acceptors (Lipinski definition) is 3. The predicted molar refractivity (Wildman–Crippen MR) is 104 cm³/mol. The normalized spacial score (nSPS) is 18.7. The minimum Gasteiger partial charge on any atom is -0.484 e. The van der Waals surface area contributed by atoms with Crippen LogP contribution in [0.25, 0.3) is 0 Å². The molecule has 5 heteroatoms. The van der Waals surface area contributed by atoms with Gasteiger partial charge in [0.25, 0.3) is 5.91 Å². The first kappa shape index (κ1) is 17.6. The van der Waals surface area contributed by atoms with Gasteiger partial charge in [0.2, 0.25) is 5.91 Å². The van der Waals surface area contributed by atoms with E-state index in [2.05, 4.69) is 17.4 Å². The molecule has 1 fully saturated rings. The van der Waals surface area contributed by atoms with E-state index in [0.717, 1.165) is 37.1 Å². The van der Waals surface area contributed by atoms with E-state index in [9.17, 15) is 9.59 Å². The average Bonchev–Trinajstić information content (AvgIpc) is 3.15. The largest absolute Gasteiger partial charge is 0.484 e. The Morgan fingerprint density at radius 3 is 2.85 bits per heavy atom. The van der Waals surface area contributed by atoms with E-state index in [1.54, 1.807) is 0 Å². The first-order valence-electron chi connectivity index (χ1n) is 9.58. The number of benzene rings is 2. The van der Waals surface area contributed by atoms with Crippen molar-refractivity contribution in [2.45, 2.75) is 38.1 Å². The number of anilines is 1. The third kappa shape index (κ3) is 4.13. The van der Waals surface area contributed by atoms with Gasteiger partial charge < -0.3 is 15.0 Å². The van der Waals surface area contributed by atoms with Crippen LogP contribution in [-0.2, 0) is 22.4 Å². The van der Waals surface area contributed by atoms with Crippen molar-refractivity contribution in [3.8, 4) is 5.75 Å². The highest BCUT2D eigenvalue weighted by Gasteiger charge is 2.29. The number of aryl methyl sites for hydroxylation is 1. The maximum atomic E-state index is 12.7. The summed E-state index contributed by atoms with van der Waals surface area (Å²) >= 11 is 0. The third-order valence-electron chi connectivity index (χ3n) is 5.35. The Kier molecular flexibility index (Phi) is 5.10. The molecule has 4 rings (SSSR count). The number of rotatable bonds is 5. The van der Waals surface area contributed by atoms with Crippen LogP contribution in [0.3, 0.4) is 0 Å². The van der Waals surface area contributed by atoms with Crippen LogP contribution in [0.4, 0.5) is 5.69 Å². The number of ether oxygens (including phenoxy) is 1. The van der Waals surface area contributed by atoms with Gasteiger partial charge in [0.1, 0.15) is 5.75 Å². The number of amides is 2. The van der Waals surface area contributed by atoms with Crippen molar-refractivity contribution in [2.24, 2.45) is 0 Å². The molecule has 0 saturated carbocycles. The second-order valence-corrected chi connectivity index (χ2v) is 7.23. The quantitative estimate of drug-likeness (QED) is 0.886. The second-order valence-electron chi connectivity index (χ2n) is 7.23. The summed E-state index contributed by atoms with van der Waals surface area (Å²) in [6.07, 6.45) is 4.17.